The Kier molecular flexibility index (Phi) is 4.03. The zero-order chi connectivity index (χ0) is 15.1. The fraction of sp³-hybridized carbons (Fsp3) is 0.538. The molecule has 1 saturated heterocycles. The average Bonchev–Trinajstić information content (AvgIpc) is 2.33. The molecule has 1 aliphatic heterocycles. The highest BCUT2D eigenvalue weighted by molar-refractivity contribution is 7.89. The van der Waals surface area contributed by atoms with Crippen molar-refractivity contribution in [1.82, 2.24) is 4.31 Å². The topological polar surface area (TPSA) is 66.8 Å². The Morgan fingerprint density at radius 1 is 1.40 bits per heavy atom. The number of nitrogens with zero attached hydrogens (tertiary/aromatic N) is 1. The Morgan fingerprint density at radius 3 is 2.50 bits per heavy atom. The molecule has 1 aromatic carbocycles. The first kappa shape index (κ1) is 15.6. The summed E-state index contributed by atoms with van der Waals surface area (Å²) in [6.45, 7) is 3.93. The van der Waals surface area contributed by atoms with Crippen molar-refractivity contribution in [3.8, 4) is 5.75 Å². The first-order valence-corrected chi connectivity index (χ1v) is 8.08. The Balaban J connectivity index is 2.30. The number of hydrogen-bond donors (Lipinski definition) is 1. The zero-order valence-electron chi connectivity index (χ0n) is 11.6. The van der Waals surface area contributed by atoms with Crippen LogP contribution in [0.4, 0.5) is 0 Å². The van der Waals surface area contributed by atoms with Crippen LogP contribution in [0.15, 0.2) is 23.1 Å². The molecule has 1 heterocycles. The van der Waals surface area contributed by atoms with Crippen molar-refractivity contribution in [3.63, 3.8) is 0 Å². The van der Waals surface area contributed by atoms with Crippen molar-refractivity contribution in [2.24, 2.45) is 5.92 Å². The van der Waals surface area contributed by atoms with Crippen LogP contribution >= 0.6 is 11.6 Å². The number of methoxy groups -OCH3 is 1. The Morgan fingerprint density at radius 2 is 2.00 bits per heavy atom. The molecule has 1 aliphatic rings. The lowest BCUT2D eigenvalue weighted by atomic mass is 9.85. The zero-order valence-corrected chi connectivity index (χ0v) is 13.2. The van der Waals surface area contributed by atoms with Gasteiger partial charge in [0.15, 0.2) is 0 Å². The first-order valence-electron chi connectivity index (χ1n) is 6.27. The third kappa shape index (κ3) is 2.53. The maximum Gasteiger partial charge on any atom is 0.246 e. The molecule has 1 aromatic rings. The number of aliphatic hydroxyl groups is 1. The Hall–Kier alpha value is -0.820. The van der Waals surface area contributed by atoms with E-state index < -0.39 is 15.6 Å². The van der Waals surface area contributed by atoms with Crippen molar-refractivity contribution in [1.29, 1.82) is 0 Å². The molecule has 0 unspecified atom stereocenters. The van der Waals surface area contributed by atoms with E-state index in [0.29, 0.717) is 5.02 Å². The molecular weight excluding hydrogens is 302 g/mol. The summed E-state index contributed by atoms with van der Waals surface area (Å²) in [5.41, 5.74) is -0.952. The van der Waals surface area contributed by atoms with Gasteiger partial charge in [0, 0.05) is 24.2 Å². The van der Waals surface area contributed by atoms with E-state index in [1.807, 2.05) is 13.8 Å². The molecule has 0 aromatic heterocycles. The molecule has 112 valence electrons. The molecule has 0 saturated carbocycles. The number of rotatable bonds is 4. The first-order chi connectivity index (χ1) is 9.20. The minimum absolute atomic E-state index is 0.000985. The average molecular weight is 320 g/mol. The highest BCUT2D eigenvalue weighted by Crippen LogP contribution is 2.36. The van der Waals surface area contributed by atoms with Crippen LogP contribution in [0.1, 0.15) is 13.8 Å². The van der Waals surface area contributed by atoms with Crippen molar-refractivity contribution < 1.29 is 18.3 Å². The third-order valence-electron chi connectivity index (χ3n) is 3.72. The number of ether oxygens (including phenoxy) is 1. The van der Waals surface area contributed by atoms with E-state index >= 15 is 0 Å². The second-order valence-electron chi connectivity index (χ2n) is 5.33. The van der Waals surface area contributed by atoms with Gasteiger partial charge in [-0.05, 0) is 18.1 Å². The second kappa shape index (κ2) is 5.18. The molecule has 20 heavy (non-hydrogen) atoms. The fourth-order valence-corrected chi connectivity index (χ4v) is 3.96. The molecule has 0 amide bonds. The third-order valence-corrected chi connectivity index (χ3v) is 5.78. The van der Waals surface area contributed by atoms with Crippen molar-refractivity contribution in [3.05, 3.63) is 23.2 Å². The van der Waals surface area contributed by atoms with E-state index in [1.54, 1.807) is 0 Å². The van der Waals surface area contributed by atoms with E-state index in [-0.39, 0.29) is 29.7 Å². The monoisotopic (exact) mass is 319 g/mol. The second-order valence-corrected chi connectivity index (χ2v) is 7.67. The molecule has 0 atom stereocenters. The summed E-state index contributed by atoms with van der Waals surface area (Å²) in [6.07, 6.45) is 0. The van der Waals surface area contributed by atoms with E-state index in [0.717, 1.165) is 0 Å². The summed E-state index contributed by atoms with van der Waals surface area (Å²) in [6, 6.07) is 4.39. The highest BCUT2D eigenvalue weighted by Gasteiger charge is 2.49. The summed E-state index contributed by atoms with van der Waals surface area (Å²) < 4.78 is 31.3. The van der Waals surface area contributed by atoms with Crippen LogP contribution in [-0.4, -0.2) is 43.6 Å². The number of halogens is 1. The normalized spacial score (nSPS) is 18.9. The van der Waals surface area contributed by atoms with Gasteiger partial charge in [-0.15, -0.1) is 0 Å². The predicted octanol–water partition coefficient (Wildman–Crippen LogP) is 1.74. The maximum absolute atomic E-state index is 12.5. The summed E-state index contributed by atoms with van der Waals surface area (Å²) in [4.78, 5) is 0.0650. The lowest BCUT2D eigenvalue weighted by Crippen LogP contribution is -2.65. The summed E-state index contributed by atoms with van der Waals surface area (Å²) >= 11 is 5.83. The van der Waals surface area contributed by atoms with Gasteiger partial charge < -0.3 is 9.84 Å². The largest absolute Gasteiger partial charge is 0.495 e. The molecule has 0 aliphatic carbocycles. The minimum Gasteiger partial charge on any atom is -0.495 e. The SMILES string of the molecule is COc1cc(Cl)ccc1S(=O)(=O)N1CC(O)(C(C)C)C1. The van der Waals surface area contributed by atoms with Gasteiger partial charge in [-0.1, -0.05) is 25.4 Å². The van der Waals surface area contributed by atoms with Crippen LogP contribution in [0.5, 0.6) is 5.75 Å². The number of benzene rings is 1. The van der Waals surface area contributed by atoms with Crippen LogP contribution in [0.25, 0.3) is 0 Å². The molecule has 5 nitrogen and oxygen atoms in total. The quantitative estimate of drug-likeness (QED) is 0.918. The van der Waals surface area contributed by atoms with Crippen LogP contribution < -0.4 is 4.74 Å². The van der Waals surface area contributed by atoms with Gasteiger partial charge in [-0.2, -0.15) is 4.31 Å². The molecular formula is C13H18ClNO4S. The summed E-state index contributed by atoms with van der Waals surface area (Å²) in [5.74, 6) is 0.207. The van der Waals surface area contributed by atoms with Gasteiger partial charge in [-0.25, -0.2) is 8.42 Å². The smallest absolute Gasteiger partial charge is 0.246 e. The predicted molar refractivity (Wildman–Crippen MR) is 76.6 cm³/mol. The molecule has 7 heteroatoms. The van der Waals surface area contributed by atoms with Gasteiger partial charge in [0.1, 0.15) is 10.6 Å². The Labute approximate surface area is 124 Å². The lowest BCUT2D eigenvalue weighted by Gasteiger charge is -2.47. The molecule has 0 bridgehead atoms. The number of hydrogen-bond acceptors (Lipinski definition) is 4. The standard InChI is InChI=1S/C13H18ClNO4S/c1-9(2)13(16)7-15(8-13)20(17,18)12-5-4-10(14)6-11(12)19-3/h4-6,9,16H,7-8H2,1-3H3. The molecule has 0 radical (unpaired) electrons. The van der Waals surface area contributed by atoms with E-state index in [1.165, 1.54) is 29.6 Å². The summed E-state index contributed by atoms with van der Waals surface area (Å²) in [7, 11) is -2.28. The van der Waals surface area contributed by atoms with E-state index in [4.69, 9.17) is 16.3 Å². The lowest BCUT2D eigenvalue weighted by molar-refractivity contribution is -0.0932. The molecule has 2 rings (SSSR count). The molecule has 1 fully saturated rings. The maximum atomic E-state index is 12.5. The minimum atomic E-state index is -3.68. The van der Waals surface area contributed by atoms with Crippen LogP contribution in [0, 0.1) is 5.92 Å². The number of β-amino-alcohol motifs (C(OH)–C–C–N with tert-alkyl or cyclic N) is 1. The van der Waals surface area contributed by atoms with Crippen LogP contribution in [0.3, 0.4) is 0 Å². The van der Waals surface area contributed by atoms with Crippen LogP contribution in [0.2, 0.25) is 5.02 Å². The van der Waals surface area contributed by atoms with Gasteiger partial charge in [0.25, 0.3) is 0 Å². The van der Waals surface area contributed by atoms with Crippen LogP contribution in [-0.2, 0) is 10.0 Å². The highest BCUT2D eigenvalue weighted by atomic mass is 35.5. The van der Waals surface area contributed by atoms with Gasteiger partial charge in [0.2, 0.25) is 10.0 Å². The van der Waals surface area contributed by atoms with Gasteiger partial charge in [-0.3, -0.25) is 0 Å². The summed E-state index contributed by atoms with van der Waals surface area (Å²) in [5, 5.41) is 10.6. The van der Waals surface area contributed by atoms with Crippen molar-refractivity contribution in [2.75, 3.05) is 20.2 Å². The molecule has 0 spiro atoms. The van der Waals surface area contributed by atoms with Crippen molar-refractivity contribution in [2.45, 2.75) is 24.3 Å². The van der Waals surface area contributed by atoms with Gasteiger partial charge in [0.05, 0.1) is 12.7 Å². The Bertz CT molecular complexity index is 609. The van der Waals surface area contributed by atoms with E-state index in [9.17, 15) is 13.5 Å². The van der Waals surface area contributed by atoms with E-state index in [2.05, 4.69) is 0 Å². The fourth-order valence-electron chi connectivity index (χ4n) is 2.09. The molecule has 1 N–H and O–H groups in total. The van der Waals surface area contributed by atoms with Crippen molar-refractivity contribution >= 4 is 21.6 Å². The number of sulfonamides is 1. The van der Waals surface area contributed by atoms with Gasteiger partial charge >= 0.3 is 0 Å².